The Hall–Kier alpha value is -1.51. The van der Waals surface area contributed by atoms with Gasteiger partial charge in [-0.1, -0.05) is 17.8 Å². The van der Waals surface area contributed by atoms with Crippen molar-refractivity contribution in [3.63, 3.8) is 0 Å². The van der Waals surface area contributed by atoms with E-state index in [9.17, 15) is 0 Å². The van der Waals surface area contributed by atoms with E-state index in [2.05, 4.69) is 20.5 Å². The molecule has 0 fully saturated rings. The van der Waals surface area contributed by atoms with Crippen LogP contribution in [0.4, 0.5) is 0 Å². The van der Waals surface area contributed by atoms with E-state index in [0.29, 0.717) is 17.5 Å². The Bertz CT molecular complexity index is 489. The first-order valence-corrected chi connectivity index (χ1v) is 6.66. The Balaban J connectivity index is 1.96. The molecular formula is C11H15N5O2S. The van der Waals surface area contributed by atoms with Gasteiger partial charge in [0.25, 0.3) is 0 Å². The van der Waals surface area contributed by atoms with Crippen LogP contribution in [-0.2, 0) is 21.8 Å². The molecule has 7 nitrogen and oxygen atoms in total. The highest BCUT2D eigenvalue weighted by Gasteiger charge is 2.13. The van der Waals surface area contributed by atoms with Crippen LogP contribution in [0.2, 0.25) is 0 Å². The minimum atomic E-state index is -0.363. The molecule has 0 saturated heterocycles. The Morgan fingerprint density at radius 3 is 2.84 bits per heavy atom. The minimum Gasteiger partial charge on any atom is -0.354 e. The maximum atomic E-state index is 5.13. The number of pyridine rings is 1. The van der Waals surface area contributed by atoms with Crippen LogP contribution in [-0.4, -0.2) is 45.7 Å². The molecule has 0 unspecified atom stereocenters. The summed E-state index contributed by atoms with van der Waals surface area (Å²) in [4.78, 5) is 4.25. The highest BCUT2D eigenvalue weighted by atomic mass is 32.2. The maximum absolute atomic E-state index is 5.13. The SMILES string of the molecule is COC(Cn1nnnc1SCc1ccccn1)OC. The van der Waals surface area contributed by atoms with E-state index in [1.54, 1.807) is 25.1 Å². The van der Waals surface area contributed by atoms with E-state index in [1.807, 2.05) is 18.2 Å². The molecule has 0 aliphatic rings. The second-order valence-electron chi connectivity index (χ2n) is 3.65. The molecule has 8 heteroatoms. The number of nitrogens with zero attached hydrogens (tertiary/aromatic N) is 5. The van der Waals surface area contributed by atoms with Gasteiger partial charge in [-0.2, -0.15) is 0 Å². The molecule has 0 spiro atoms. The molecule has 2 rings (SSSR count). The summed E-state index contributed by atoms with van der Waals surface area (Å²) in [5, 5.41) is 12.3. The molecule has 0 N–H and O–H groups in total. The fraction of sp³-hybridized carbons (Fsp3) is 0.455. The summed E-state index contributed by atoms with van der Waals surface area (Å²) >= 11 is 1.52. The van der Waals surface area contributed by atoms with Crippen molar-refractivity contribution in [1.29, 1.82) is 0 Å². The largest absolute Gasteiger partial charge is 0.354 e. The Labute approximate surface area is 115 Å². The standard InChI is InChI=1S/C11H15N5O2S/c1-17-10(18-2)7-16-11(13-14-15-16)19-8-9-5-3-4-6-12-9/h3-6,10H,7-8H2,1-2H3. The molecule has 19 heavy (non-hydrogen) atoms. The van der Waals surface area contributed by atoms with E-state index in [0.717, 1.165) is 5.69 Å². The summed E-state index contributed by atoms with van der Waals surface area (Å²) in [6.45, 7) is 0.449. The van der Waals surface area contributed by atoms with Crippen LogP contribution >= 0.6 is 11.8 Å². The molecule has 0 aromatic carbocycles. The third-order valence-corrected chi connectivity index (χ3v) is 3.41. The Kier molecular flexibility index (Phi) is 5.25. The molecule has 0 radical (unpaired) electrons. The molecular weight excluding hydrogens is 266 g/mol. The van der Waals surface area contributed by atoms with Gasteiger partial charge in [-0.25, -0.2) is 4.68 Å². The number of tetrazole rings is 1. The number of hydrogen-bond donors (Lipinski definition) is 0. The van der Waals surface area contributed by atoms with Gasteiger partial charge >= 0.3 is 0 Å². The van der Waals surface area contributed by atoms with Crippen molar-refractivity contribution >= 4 is 11.8 Å². The summed E-state index contributed by atoms with van der Waals surface area (Å²) < 4.78 is 11.9. The average Bonchev–Trinajstić information content (AvgIpc) is 2.91. The van der Waals surface area contributed by atoms with Gasteiger partial charge in [-0.05, 0) is 22.6 Å². The van der Waals surface area contributed by atoms with E-state index in [1.165, 1.54) is 11.8 Å². The molecule has 0 aliphatic heterocycles. The van der Waals surface area contributed by atoms with E-state index in [4.69, 9.17) is 9.47 Å². The number of ether oxygens (including phenoxy) is 2. The lowest BCUT2D eigenvalue weighted by molar-refractivity contribution is -0.113. The lowest BCUT2D eigenvalue weighted by Gasteiger charge is -2.13. The Morgan fingerprint density at radius 2 is 2.16 bits per heavy atom. The Morgan fingerprint density at radius 1 is 1.32 bits per heavy atom. The van der Waals surface area contributed by atoms with Gasteiger partial charge in [0.1, 0.15) is 0 Å². The maximum Gasteiger partial charge on any atom is 0.209 e. The molecule has 102 valence electrons. The van der Waals surface area contributed by atoms with Gasteiger partial charge in [-0.15, -0.1) is 5.10 Å². The zero-order valence-corrected chi connectivity index (χ0v) is 11.6. The molecule has 0 saturated carbocycles. The van der Waals surface area contributed by atoms with Crippen LogP contribution in [0.1, 0.15) is 5.69 Å². The topological polar surface area (TPSA) is 75.0 Å². The molecule has 2 heterocycles. The molecule has 0 atom stereocenters. The monoisotopic (exact) mass is 281 g/mol. The molecule has 0 bridgehead atoms. The van der Waals surface area contributed by atoms with Gasteiger partial charge in [0.2, 0.25) is 5.16 Å². The highest BCUT2D eigenvalue weighted by Crippen LogP contribution is 2.18. The first-order valence-electron chi connectivity index (χ1n) is 5.68. The van der Waals surface area contributed by atoms with Crippen molar-refractivity contribution in [3.05, 3.63) is 30.1 Å². The normalized spacial score (nSPS) is 11.1. The molecule has 0 amide bonds. The minimum absolute atomic E-state index is 0.363. The van der Waals surface area contributed by atoms with Gasteiger partial charge in [0.15, 0.2) is 6.29 Å². The van der Waals surface area contributed by atoms with Gasteiger partial charge in [0, 0.05) is 26.2 Å². The van der Waals surface area contributed by atoms with Crippen molar-refractivity contribution < 1.29 is 9.47 Å². The van der Waals surface area contributed by atoms with Crippen molar-refractivity contribution in [2.45, 2.75) is 23.7 Å². The van der Waals surface area contributed by atoms with Crippen LogP contribution in [0.15, 0.2) is 29.6 Å². The first kappa shape index (κ1) is 13.9. The quantitative estimate of drug-likeness (QED) is 0.553. The van der Waals surface area contributed by atoms with Crippen LogP contribution < -0.4 is 0 Å². The lowest BCUT2D eigenvalue weighted by Crippen LogP contribution is -2.21. The average molecular weight is 281 g/mol. The number of thioether (sulfide) groups is 1. The second kappa shape index (κ2) is 7.17. The zero-order valence-electron chi connectivity index (χ0n) is 10.8. The van der Waals surface area contributed by atoms with Crippen molar-refractivity contribution in [1.82, 2.24) is 25.2 Å². The van der Waals surface area contributed by atoms with E-state index in [-0.39, 0.29) is 6.29 Å². The third kappa shape index (κ3) is 3.98. The smallest absolute Gasteiger partial charge is 0.209 e. The fourth-order valence-electron chi connectivity index (χ4n) is 1.42. The van der Waals surface area contributed by atoms with E-state index < -0.39 is 0 Å². The fourth-order valence-corrected chi connectivity index (χ4v) is 2.22. The predicted octanol–water partition coefficient (Wildman–Crippen LogP) is 0.979. The van der Waals surface area contributed by atoms with Crippen molar-refractivity contribution in [2.75, 3.05) is 14.2 Å². The second-order valence-corrected chi connectivity index (χ2v) is 4.60. The van der Waals surface area contributed by atoms with Gasteiger partial charge in [-0.3, -0.25) is 4.98 Å². The van der Waals surface area contributed by atoms with E-state index >= 15 is 0 Å². The molecule has 2 aromatic rings. The number of aromatic nitrogens is 5. The van der Waals surface area contributed by atoms with Crippen LogP contribution in [0.25, 0.3) is 0 Å². The third-order valence-electron chi connectivity index (χ3n) is 2.42. The number of rotatable bonds is 7. The summed E-state index contributed by atoms with van der Waals surface area (Å²) in [6, 6.07) is 5.81. The first-order chi connectivity index (χ1) is 9.33. The highest BCUT2D eigenvalue weighted by molar-refractivity contribution is 7.98. The van der Waals surface area contributed by atoms with Gasteiger partial charge < -0.3 is 9.47 Å². The van der Waals surface area contributed by atoms with Crippen LogP contribution in [0, 0.1) is 0 Å². The summed E-state index contributed by atoms with van der Waals surface area (Å²) in [7, 11) is 3.17. The summed E-state index contributed by atoms with van der Waals surface area (Å²) in [6.07, 6.45) is 1.41. The molecule has 2 aromatic heterocycles. The van der Waals surface area contributed by atoms with Crippen molar-refractivity contribution in [2.24, 2.45) is 0 Å². The number of hydrogen-bond acceptors (Lipinski definition) is 7. The van der Waals surface area contributed by atoms with Crippen molar-refractivity contribution in [3.8, 4) is 0 Å². The van der Waals surface area contributed by atoms with Crippen LogP contribution in [0.5, 0.6) is 0 Å². The molecule has 0 aliphatic carbocycles. The zero-order chi connectivity index (χ0) is 13.5. The summed E-state index contributed by atoms with van der Waals surface area (Å²) in [5.41, 5.74) is 0.983. The predicted molar refractivity (Wildman–Crippen MR) is 69.4 cm³/mol. The number of methoxy groups -OCH3 is 2. The lowest BCUT2D eigenvalue weighted by atomic mass is 10.4. The van der Waals surface area contributed by atoms with Crippen LogP contribution in [0.3, 0.4) is 0 Å². The summed E-state index contributed by atoms with van der Waals surface area (Å²) in [5.74, 6) is 0.714. The van der Waals surface area contributed by atoms with Gasteiger partial charge in [0.05, 0.1) is 12.2 Å².